The minimum absolute atomic E-state index is 0.212. The van der Waals surface area contributed by atoms with Crippen LogP contribution in [0.2, 0.25) is 0 Å². The maximum absolute atomic E-state index is 12.3. The topological polar surface area (TPSA) is 34.4 Å². The SMILES string of the molecule is Cc1cc2c(C)c(-c3ccc(OC(F)(F)F)cc3)n(C)c2cc1O. The number of phenolic OH excluding ortho intramolecular Hbond substituents is 1. The highest BCUT2D eigenvalue weighted by Crippen LogP contribution is 2.36. The number of alkyl halides is 3. The van der Waals surface area contributed by atoms with E-state index >= 15 is 0 Å². The number of nitrogens with zero attached hydrogens (tertiary/aromatic N) is 1. The quantitative estimate of drug-likeness (QED) is 0.710. The molecule has 0 spiro atoms. The van der Waals surface area contributed by atoms with Crippen LogP contribution in [0.15, 0.2) is 36.4 Å². The summed E-state index contributed by atoms with van der Waals surface area (Å²) in [4.78, 5) is 0. The third-order valence-corrected chi connectivity index (χ3v) is 4.13. The van der Waals surface area contributed by atoms with E-state index < -0.39 is 6.36 Å². The van der Waals surface area contributed by atoms with Crippen molar-refractivity contribution >= 4 is 10.9 Å². The van der Waals surface area contributed by atoms with E-state index in [1.54, 1.807) is 18.2 Å². The summed E-state index contributed by atoms with van der Waals surface area (Å²) in [5.74, 6) is -0.0419. The molecule has 3 rings (SSSR count). The maximum Gasteiger partial charge on any atom is 0.573 e. The van der Waals surface area contributed by atoms with Gasteiger partial charge in [0.2, 0.25) is 0 Å². The fourth-order valence-electron chi connectivity index (χ4n) is 2.99. The minimum Gasteiger partial charge on any atom is -0.508 e. The van der Waals surface area contributed by atoms with Gasteiger partial charge in [-0.3, -0.25) is 0 Å². The van der Waals surface area contributed by atoms with E-state index in [0.717, 1.165) is 33.3 Å². The summed E-state index contributed by atoms with van der Waals surface area (Å²) in [6, 6.07) is 9.38. The Hall–Kier alpha value is -2.63. The largest absolute Gasteiger partial charge is 0.573 e. The van der Waals surface area contributed by atoms with Gasteiger partial charge in [-0.05, 0) is 60.9 Å². The zero-order valence-electron chi connectivity index (χ0n) is 13.4. The number of aromatic hydroxyl groups is 1. The van der Waals surface area contributed by atoms with Crippen molar-refractivity contribution < 1.29 is 23.0 Å². The van der Waals surface area contributed by atoms with Crippen molar-refractivity contribution in [2.75, 3.05) is 0 Å². The van der Waals surface area contributed by atoms with Crippen LogP contribution in [-0.2, 0) is 7.05 Å². The molecule has 1 N–H and O–H groups in total. The van der Waals surface area contributed by atoms with Gasteiger partial charge in [0, 0.05) is 18.5 Å². The first-order chi connectivity index (χ1) is 11.2. The Bertz CT molecular complexity index is 864. The lowest BCUT2D eigenvalue weighted by atomic mass is 10.0. The lowest BCUT2D eigenvalue weighted by Crippen LogP contribution is -2.16. The first-order valence-corrected chi connectivity index (χ1v) is 7.32. The molecule has 6 heteroatoms. The molecule has 0 bridgehead atoms. The molecule has 0 atom stereocenters. The van der Waals surface area contributed by atoms with Gasteiger partial charge in [0.05, 0.1) is 11.2 Å². The highest BCUT2D eigenvalue weighted by molar-refractivity contribution is 5.93. The Morgan fingerprint density at radius 1 is 1.04 bits per heavy atom. The summed E-state index contributed by atoms with van der Waals surface area (Å²) >= 11 is 0. The predicted molar refractivity (Wildman–Crippen MR) is 86.2 cm³/mol. The molecule has 1 heterocycles. The van der Waals surface area contributed by atoms with Gasteiger partial charge in [-0.1, -0.05) is 0 Å². The van der Waals surface area contributed by atoms with Gasteiger partial charge in [0.25, 0.3) is 0 Å². The second kappa shape index (κ2) is 5.47. The van der Waals surface area contributed by atoms with Crippen molar-refractivity contribution in [2.24, 2.45) is 7.05 Å². The monoisotopic (exact) mass is 335 g/mol. The molecule has 0 amide bonds. The van der Waals surface area contributed by atoms with E-state index in [2.05, 4.69) is 4.74 Å². The first kappa shape index (κ1) is 16.2. The average molecular weight is 335 g/mol. The number of ether oxygens (including phenoxy) is 1. The average Bonchev–Trinajstić information content (AvgIpc) is 2.71. The Morgan fingerprint density at radius 3 is 2.25 bits per heavy atom. The van der Waals surface area contributed by atoms with Crippen molar-refractivity contribution in [3.8, 4) is 22.8 Å². The number of aromatic nitrogens is 1. The van der Waals surface area contributed by atoms with Crippen LogP contribution < -0.4 is 4.74 Å². The van der Waals surface area contributed by atoms with Gasteiger partial charge in [-0.25, -0.2) is 0 Å². The van der Waals surface area contributed by atoms with Crippen LogP contribution in [-0.4, -0.2) is 16.0 Å². The highest BCUT2D eigenvalue weighted by atomic mass is 19.4. The standard InChI is InChI=1S/C18H16F3NO2/c1-10-8-14-11(2)17(22(3)15(14)9-16(10)23)12-4-6-13(7-5-12)24-18(19,20)21/h4-9,23H,1-3H3. The van der Waals surface area contributed by atoms with Gasteiger partial charge >= 0.3 is 6.36 Å². The first-order valence-electron chi connectivity index (χ1n) is 7.32. The van der Waals surface area contributed by atoms with Gasteiger partial charge in [-0.15, -0.1) is 13.2 Å². The second-order valence-corrected chi connectivity index (χ2v) is 5.76. The van der Waals surface area contributed by atoms with E-state index in [1.165, 1.54) is 12.1 Å². The van der Waals surface area contributed by atoms with Crippen LogP contribution in [0.4, 0.5) is 13.2 Å². The molecule has 0 unspecified atom stereocenters. The molecule has 3 aromatic rings. The Morgan fingerprint density at radius 2 is 1.67 bits per heavy atom. The van der Waals surface area contributed by atoms with Crippen molar-refractivity contribution in [3.63, 3.8) is 0 Å². The second-order valence-electron chi connectivity index (χ2n) is 5.76. The predicted octanol–water partition coefficient (Wildman–Crippen LogP) is 5.07. The molecule has 0 aliphatic heterocycles. The summed E-state index contributed by atoms with van der Waals surface area (Å²) < 4.78 is 42.6. The summed E-state index contributed by atoms with van der Waals surface area (Å²) in [5, 5.41) is 10.9. The third kappa shape index (κ3) is 2.79. The number of rotatable bonds is 2. The molecule has 24 heavy (non-hydrogen) atoms. The fourth-order valence-corrected chi connectivity index (χ4v) is 2.99. The number of fused-ring (bicyclic) bond motifs is 1. The van der Waals surface area contributed by atoms with E-state index in [4.69, 9.17) is 0 Å². The van der Waals surface area contributed by atoms with Crippen molar-refractivity contribution in [2.45, 2.75) is 20.2 Å². The van der Waals surface area contributed by atoms with Crippen LogP contribution in [0.3, 0.4) is 0 Å². The van der Waals surface area contributed by atoms with Crippen LogP contribution >= 0.6 is 0 Å². The van der Waals surface area contributed by atoms with E-state index in [1.807, 2.05) is 31.5 Å². The van der Waals surface area contributed by atoms with Crippen molar-refractivity contribution in [1.29, 1.82) is 0 Å². The molecule has 0 aliphatic rings. The minimum atomic E-state index is -4.70. The number of halogens is 3. The Balaban J connectivity index is 2.09. The number of phenols is 1. The molecule has 0 saturated carbocycles. The fraction of sp³-hybridized carbons (Fsp3) is 0.222. The van der Waals surface area contributed by atoms with Crippen LogP contribution in [0, 0.1) is 13.8 Å². The molecule has 0 saturated heterocycles. The lowest BCUT2D eigenvalue weighted by molar-refractivity contribution is -0.274. The zero-order valence-corrected chi connectivity index (χ0v) is 13.4. The van der Waals surface area contributed by atoms with Crippen LogP contribution in [0.1, 0.15) is 11.1 Å². The summed E-state index contributed by atoms with van der Waals surface area (Å²) in [6.07, 6.45) is -4.70. The Labute approximate surface area is 136 Å². The molecule has 0 radical (unpaired) electrons. The summed E-state index contributed by atoms with van der Waals surface area (Å²) in [7, 11) is 1.86. The number of hydrogen-bond acceptors (Lipinski definition) is 2. The van der Waals surface area contributed by atoms with E-state index in [9.17, 15) is 18.3 Å². The number of benzene rings is 2. The van der Waals surface area contributed by atoms with Crippen molar-refractivity contribution in [1.82, 2.24) is 4.57 Å². The molecule has 0 aliphatic carbocycles. The number of aryl methyl sites for hydroxylation is 3. The molecule has 126 valence electrons. The zero-order chi connectivity index (χ0) is 17.6. The van der Waals surface area contributed by atoms with Crippen LogP contribution in [0.5, 0.6) is 11.5 Å². The van der Waals surface area contributed by atoms with Crippen LogP contribution in [0.25, 0.3) is 22.2 Å². The van der Waals surface area contributed by atoms with E-state index in [-0.39, 0.29) is 11.5 Å². The third-order valence-electron chi connectivity index (χ3n) is 4.13. The van der Waals surface area contributed by atoms with Gasteiger partial charge < -0.3 is 14.4 Å². The molecular formula is C18H16F3NO2. The lowest BCUT2D eigenvalue weighted by Gasteiger charge is -2.10. The smallest absolute Gasteiger partial charge is 0.508 e. The Kier molecular flexibility index (Phi) is 3.70. The highest BCUT2D eigenvalue weighted by Gasteiger charge is 2.31. The maximum atomic E-state index is 12.3. The molecule has 3 nitrogen and oxygen atoms in total. The molecule has 1 aromatic heterocycles. The van der Waals surface area contributed by atoms with Gasteiger partial charge in [0.15, 0.2) is 0 Å². The normalized spacial score (nSPS) is 11.9. The summed E-state index contributed by atoms with van der Waals surface area (Å²) in [6.45, 7) is 3.78. The van der Waals surface area contributed by atoms with Gasteiger partial charge in [-0.2, -0.15) is 0 Å². The molecule has 2 aromatic carbocycles. The molecule has 0 fully saturated rings. The van der Waals surface area contributed by atoms with E-state index in [0.29, 0.717) is 0 Å². The van der Waals surface area contributed by atoms with Gasteiger partial charge in [0.1, 0.15) is 11.5 Å². The van der Waals surface area contributed by atoms with Crippen molar-refractivity contribution in [3.05, 3.63) is 47.5 Å². The summed E-state index contributed by atoms with van der Waals surface area (Å²) in [5.41, 5.74) is 4.30. The molecular weight excluding hydrogens is 319 g/mol. The number of hydrogen-bond donors (Lipinski definition) is 1.